The maximum Gasteiger partial charge on any atom is 0.343 e. The van der Waals surface area contributed by atoms with Crippen molar-refractivity contribution in [3.05, 3.63) is 82.3 Å². The molecule has 0 bridgehead atoms. The summed E-state index contributed by atoms with van der Waals surface area (Å²) in [7, 11) is 0. The van der Waals surface area contributed by atoms with Crippen LogP contribution in [-0.4, -0.2) is 17.6 Å². The molecule has 4 rings (SSSR count). The lowest BCUT2D eigenvalue weighted by Crippen LogP contribution is -2.10. The van der Waals surface area contributed by atoms with Gasteiger partial charge in [0.1, 0.15) is 17.8 Å². The Balaban J connectivity index is 1.71. The quantitative estimate of drug-likeness (QED) is 0.297. The van der Waals surface area contributed by atoms with Crippen molar-refractivity contribution in [2.75, 3.05) is 6.61 Å². The Labute approximate surface area is 160 Å². The van der Waals surface area contributed by atoms with Gasteiger partial charge in [-0.3, -0.25) is 0 Å². The molecule has 6 heteroatoms. The van der Waals surface area contributed by atoms with Crippen LogP contribution in [0.4, 0.5) is 0 Å². The highest BCUT2D eigenvalue weighted by molar-refractivity contribution is 6.07. The molecule has 0 unspecified atom stereocenters. The molecule has 0 atom stereocenters. The van der Waals surface area contributed by atoms with Crippen LogP contribution in [0, 0.1) is 0 Å². The van der Waals surface area contributed by atoms with Crippen LogP contribution in [0.5, 0.6) is 5.88 Å². The minimum Gasteiger partial charge on any atom is -0.477 e. The van der Waals surface area contributed by atoms with Crippen LogP contribution < -0.4 is 10.4 Å². The van der Waals surface area contributed by atoms with Gasteiger partial charge in [0.2, 0.25) is 5.88 Å². The number of benzene rings is 2. The van der Waals surface area contributed by atoms with E-state index in [1.807, 2.05) is 37.3 Å². The summed E-state index contributed by atoms with van der Waals surface area (Å²) in [6.07, 6.45) is 1.55. The Hall–Kier alpha value is -3.67. The second-order valence-corrected chi connectivity index (χ2v) is 6.12. The van der Waals surface area contributed by atoms with Crippen molar-refractivity contribution in [1.29, 1.82) is 0 Å². The van der Waals surface area contributed by atoms with E-state index in [1.54, 1.807) is 24.4 Å². The van der Waals surface area contributed by atoms with Crippen molar-refractivity contribution < 1.29 is 18.7 Å². The molecule has 2 aromatic carbocycles. The molecule has 0 N–H and O–H groups in total. The monoisotopic (exact) mass is 375 g/mol. The third-order valence-corrected chi connectivity index (χ3v) is 4.35. The third-order valence-electron chi connectivity index (χ3n) is 4.35. The summed E-state index contributed by atoms with van der Waals surface area (Å²) < 4.78 is 16.2. The van der Waals surface area contributed by atoms with Gasteiger partial charge < -0.3 is 13.9 Å². The highest BCUT2D eigenvalue weighted by Crippen LogP contribution is 2.28. The Morgan fingerprint density at radius 1 is 1.11 bits per heavy atom. The first-order valence-electron chi connectivity index (χ1n) is 8.87. The molecule has 2 aromatic heterocycles. The van der Waals surface area contributed by atoms with E-state index in [2.05, 4.69) is 4.98 Å². The van der Waals surface area contributed by atoms with Gasteiger partial charge in [-0.25, -0.2) is 14.6 Å². The second-order valence-electron chi connectivity index (χ2n) is 6.12. The fourth-order valence-corrected chi connectivity index (χ4v) is 3.15. The molecule has 0 saturated carbocycles. The molecule has 0 aliphatic carbocycles. The predicted molar refractivity (Wildman–Crippen MR) is 105 cm³/mol. The number of ether oxygens (including phenoxy) is 2. The average Bonchev–Trinajstić information content (AvgIpc) is 2.72. The van der Waals surface area contributed by atoms with Gasteiger partial charge in [-0.1, -0.05) is 30.3 Å². The van der Waals surface area contributed by atoms with Gasteiger partial charge in [-0.2, -0.15) is 0 Å². The lowest BCUT2D eigenvalue weighted by atomic mass is 10.0. The Morgan fingerprint density at radius 3 is 2.82 bits per heavy atom. The zero-order valence-corrected chi connectivity index (χ0v) is 15.2. The van der Waals surface area contributed by atoms with Gasteiger partial charge in [0.15, 0.2) is 0 Å². The van der Waals surface area contributed by atoms with Gasteiger partial charge in [-0.05, 0) is 35.9 Å². The molecule has 6 nitrogen and oxygen atoms in total. The van der Waals surface area contributed by atoms with Gasteiger partial charge >= 0.3 is 11.6 Å². The first-order valence-corrected chi connectivity index (χ1v) is 8.87. The number of rotatable bonds is 5. The van der Waals surface area contributed by atoms with Crippen molar-refractivity contribution >= 4 is 27.7 Å². The standard InChI is InChI=1S/C22H17NO5/c1-2-26-21-17(8-5-11-23-21)22(25)27-13-15-12-19(24)28-18-10-9-14-6-3-4-7-16(14)20(15)18/h3-12H,2,13H2,1H3. The summed E-state index contributed by atoms with van der Waals surface area (Å²) in [5.74, 6) is -0.351. The third kappa shape index (κ3) is 3.32. The molecular weight excluding hydrogens is 358 g/mol. The van der Waals surface area contributed by atoms with Crippen LogP contribution in [0.1, 0.15) is 22.8 Å². The first-order chi connectivity index (χ1) is 13.7. The highest BCUT2D eigenvalue weighted by Gasteiger charge is 2.17. The molecular formula is C22H17NO5. The molecule has 0 fully saturated rings. The number of aromatic nitrogens is 1. The van der Waals surface area contributed by atoms with Crippen LogP contribution in [0.2, 0.25) is 0 Å². The van der Waals surface area contributed by atoms with Crippen molar-refractivity contribution in [2.45, 2.75) is 13.5 Å². The van der Waals surface area contributed by atoms with Crippen LogP contribution >= 0.6 is 0 Å². The average molecular weight is 375 g/mol. The zero-order chi connectivity index (χ0) is 19.5. The molecule has 140 valence electrons. The Kier molecular flexibility index (Phi) is 4.76. The molecule has 0 aliphatic heterocycles. The molecule has 0 spiro atoms. The van der Waals surface area contributed by atoms with Crippen molar-refractivity contribution in [3.8, 4) is 5.88 Å². The number of pyridine rings is 1. The lowest BCUT2D eigenvalue weighted by Gasteiger charge is -2.11. The van der Waals surface area contributed by atoms with E-state index in [1.165, 1.54) is 6.07 Å². The van der Waals surface area contributed by atoms with Gasteiger partial charge in [-0.15, -0.1) is 0 Å². The molecule has 4 aromatic rings. The van der Waals surface area contributed by atoms with Crippen LogP contribution in [0.15, 0.2) is 70.0 Å². The SMILES string of the molecule is CCOc1ncccc1C(=O)OCc1cc(=O)oc2ccc3ccccc3c12. The van der Waals surface area contributed by atoms with Gasteiger partial charge in [0.05, 0.1) is 6.61 Å². The number of esters is 1. The van der Waals surface area contributed by atoms with E-state index in [0.717, 1.165) is 16.2 Å². The minimum atomic E-state index is -0.571. The van der Waals surface area contributed by atoms with Gasteiger partial charge in [0, 0.05) is 23.2 Å². The number of carbonyl (C=O) groups is 1. The van der Waals surface area contributed by atoms with E-state index in [4.69, 9.17) is 13.9 Å². The van der Waals surface area contributed by atoms with E-state index in [0.29, 0.717) is 17.8 Å². The molecule has 28 heavy (non-hydrogen) atoms. The van der Waals surface area contributed by atoms with Crippen LogP contribution in [0.3, 0.4) is 0 Å². The zero-order valence-electron chi connectivity index (χ0n) is 15.2. The minimum absolute atomic E-state index is 0.0740. The van der Waals surface area contributed by atoms with Gasteiger partial charge in [0.25, 0.3) is 0 Å². The number of nitrogens with zero attached hydrogens (tertiary/aromatic N) is 1. The maximum atomic E-state index is 12.6. The molecule has 0 amide bonds. The molecule has 0 saturated heterocycles. The lowest BCUT2D eigenvalue weighted by molar-refractivity contribution is 0.0468. The van der Waals surface area contributed by atoms with E-state index >= 15 is 0 Å². The number of carbonyl (C=O) groups excluding carboxylic acids is 1. The van der Waals surface area contributed by atoms with Crippen LogP contribution in [-0.2, 0) is 11.3 Å². The number of hydrogen-bond acceptors (Lipinski definition) is 6. The highest BCUT2D eigenvalue weighted by atomic mass is 16.5. The topological polar surface area (TPSA) is 78.6 Å². The largest absolute Gasteiger partial charge is 0.477 e. The fourth-order valence-electron chi connectivity index (χ4n) is 3.15. The summed E-state index contributed by atoms with van der Waals surface area (Å²) in [6.45, 7) is 2.12. The molecule has 0 radical (unpaired) electrons. The smallest absolute Gasteiger partial charge is 0.343 e. The summed E-state index contributed by atoms with van der Waals surface area (Å²) in [4.78, 5) is 28.6. The summed E-state index contributed by atoms with van der Waals surface area (Å²) in [5.41, 5.74) is 0.776. The Morgan fingerprint density at radius 2 is 1.96 bits per heavy atom. The van der Waals surface area contributed by atoms with E-state index in [-0.39, 0.29) is 18.1 Å². The fraction of sp³-hybridized carbons (Fsp3) is 0.136. The van der Waals surface area contributed by atoms with Crippen molar-refractivity contribution in [1.82, 2.24) is 4.98 Å². The second kappa shape index (κ2) is 7.52. The van der Waals surface area contributed by atoms with Crippen molar-refractivity contribution in [2.24, 2.45) is 0 Å². The Bertz CT molecular complexity index is 1230. The van der Waals surface area contributed by atoms with E-state index < -0.39 is 11.6 Å². The first kappa shape index (κ1) is 17.7. The van der Waals surface area contributed by atoms with E-state index in [9.17, 15) is 9.59 Å². The van der Waals surface area contributed by atoms with Crippen molar-refractivity contribution in [3.63, 3.8) is 0 Å². The number of hydrogen-bond donors (Lipinski definition) is 0. The summed E-state index contributed by atoms with van der Waals surface area (Å²) in [5, 5.41) is 2.68. The predicted octanol–water partition coefficient (Wildman–Crippen LogP) is 4.10. The summed E-state index contributed by atoms with van der Waals surface area (Å²) in [6, 6.07) is 16.0. The molecule has 0 aliphatic rings. The normalized spacial score (nSPS) is 10.9. The summed E-state index contributed by atoms with van der Waals surface area (Å²) >= 11 is 0. The molecule has 2 heterocycles. The van der Waals surface area contributed by atoms with Crippen LogP contribution in [0.25, 0.3) is 21.7 Å². The maximum absolute atomic E-state index is 12.6. The number of fused-ring (bicyclic) bond motifs is 3.